The second-order valence-corrected chi connectivity index (χ2v) is 7.57. The van der Waals surface area contributed by atoms with Crippen molar-refractivity contribution in [3.05, 3.63) is 48.0 Å². The zero-order valence-corrected chi connectivity index (χ0v) is 15.5. The minimum Gasteiger partial charge on any atom is -0.338 e. The Morgan fingerprint density at radius 1 is 1.16 bits per heavy atom. The van der Waals surface area contributed by atoms with Crippen molar-refractivity contribution in [2.75, 3.05) is 13.1 Å². The van der Waals surface area contributed by atoms with Crippen LogP contribution in [0.2, 0.25) is 0 Å². The number of carbonyl (C=O) groups is 1. The van der Waals surface area contributed by atoms with E-state index in [1.807, 2.05) is 0 Å². The maximum Gasteiger partial charge on any atom is 0.226 e. The van der Waals surface area contributed by atoms with Gasteiger partial charge in [0.05, 0.1) is 0 Å². The van der Waals surface area contributed by atoms with Crippen molar-refractivity contribution in [3.8, 4) is 0 Å². The number of likely N-dealkylation sites (tertiary alicyclic amines) is 1. The molecule has 2 aromatic rings. The molecule has 2 fully saturated rings. The summed E-state index contributed by atoms with van der Waals surface area (Å²) in [4.78, 5) is 15.1. The van der Waals surface area contributed by atoms with Gasteiger partial charge in [-0.15, -0.1) is 12.4 Å². The number of hydrogen-bond acceptors (Lipinski definition) is 2. The minimum atomic E-state index is 0. The Bertz CT molecular complexity index is 757. The third-order valence-corrected chi connectivity index (χ3v) is 5.86. The van der Waals surface area contributed by atoms with E-state index in [1.165, 1.54) is 16.3 Å². The highest BCUT2D eigenvalue weighted by Crippen LogP contribution is 2.50. The van der Waals surface area contributed by atoms with Crippen LogP contribution in [0.3, 0.4) is 0 Å². The van der Waals surface area contributed by atoms with E-state index in [2.05, 4.69) is 54.3 Å². The molecule has 2 aromatic carbocycles. The number of halogens is 1. The van der Waals surface area contributed by atoms with Crippen LogP contribution in [0.15, 0.2) is 42.5 Å². The standard InChI is InChI=1S/C21H26N2O.ClH/c1-14-9-10-23(16(11-14)13-22)21(24)20-12-19(20)18-8-4-6-15-5-2-3-7-17(15)18;/h2-8,14,16,19-20H,9-13,22H2,1H3;1H. The molecule has 0 spiro atoms. The summed E-state index contributed by atoms with van der Waals surface area (Å²) in [7, 11) is 0. The van der Waals surface area contributed by atoms with Gasteiger partial charge in [-0.3, -0.25) is 4.79 Å². The first-order valence-electron chi connectivity index (χ1n) is 9.17. The van der Waals surface area contributed by atoms with Gasteiger partial charge >= 0.3 is 0 Å². The van der Waals surface area contributed by atoms with Crippen LogP contribution in [0, 0.1) is 11.8 Å². The van der Waals surface area contributed by atoms with Crippen LogP contribution in [0.25, 0.3) is 10.8 Å². The topological polar surface area (TPSA) is 46.3 Å². The second-order valence-electron chi connectivity index (χ2n) is 7.57. The van der Waals surface area contributed by atoms with Crippen LogP contribution >= 0.6 is 12.4 Å². The molecule has 2 aliphatic rings. The number of carbonyl (C=O) groups excluding carboxylic acids is 1. The Morgan fingerprint density at radius 3 is 2.72 bits per heavy atom. The molecular formula is C21H27ClN2O. The molecular weight excluding hydrogens is 332 g/mol. The van der Waals surface area contributed by atoms with E-state index in [0.717, 1.165) is 25.8 Å². The lowest BCUT2D eigenvalue weighted by molar-refractivity contribution is -0.136. The first kappa shape index (κ1) is 18.2. The lowest BCUT2D eigenvalue weighted by atomic mass is 9.92. The van der Waals surface area contributed by atoms with Crippen molar-refractivity contribution in [2.24, 2.45) is 17.6 Å². The molecule has 1 aliphatic carbocycles. The SMILES string of the molecule is CC1CCN(C(=O)C2CC2c2cccc3ccccc23)C(CN)C1.Cl. The van der Waals surface area contributed by atoms with Gasteiger partial charge in [0.15, 0.2) is 0 Å². The largest absolute Gasteiger partial charge is 0.338 e. The predicted octanol–water partition coefficient (Wildman–Crippen LogP) is 3.95. The molecule has 25 heavy (non-hydrogen) atoms. The molecule has 1 aliphatic heterocycles. The highest BCUT2D eigenvalue weighted by Gasteiger charge is 2.47. The molecule has 1 amide bonds. The van der Waals surface area contributed by atoms with E-state index in [1.54, 1.807) is 0 Å². The van der Waals surface area contributed by atoms with Gasteiger partial charge in [0.2, 0.25) is 5.91 Å². The molecule has 0 bridgehead atoms. The number of amides is 1. The van der Waals surface area contributed by atoms with Crippen LogP contribution in [-0.2, 0) is 4.79 Å². The molecule has 1 heterocycles. The van der Waals surface area contributed by atoms with Crippen molar-refractivity contribution in [1.29, 1.82) is 0 Å². The molecule has 4 atom stereocenters. The first-order valence-corrected chi connectivity index (χ1v) is 9.17. The van der Waals surface area contributed by atoms with Crippen molar-refractivity contribution >= 4 is 29.1 Å². The average molecular weight is 359 g/mol. The fraction of sp³-hybridized carbons (Fsp3) is 0.476. The van der Waals surface area contributed by atoms with E-state index < -0.39 is 0 Å². The number of nitrogens with two attached hydrogens (primary N) is 1. The zero-order valence-electron chi connectivity index (χ0n) is 14.7. The summed E-state index contributed by atoms with van der Waals surface area (Å²) < 4.78 is 0. The van der Waals surface area contributed by atoms with E-state index in [4.69, 9.17) is 5.73 Å². The monoisotopic (exact) mass is 358 g/mol. The van der Waals surface area contributed by atoms with Crippen LogP contribution in [0.4, 0.5) is 0 Å². The Kier molecular flexibility index (Phi) is 5.35. The van der Waals surface area contributed by atoms with Crippen molar-refractivity contribution in [2.45, 2.75) is 38.1 Å². The number of nitrogens with zero attached hydrogens (tertiary/aromatic N) is 1. The number of rotatable bonds is 3. The molecule has 1 saturated heterocycles. The summed E-state index contributed by atoms with van der Waals surface area (Å²) in [6.45, 7) is 3.73. The summed E-state index contributed by atoms with van der Waals surface area (Å²) in [5, 5.41) is 2.56. The normalized spacial score (nSPS) is 28.5. The number of hydrogen-bond donors (Lipinski definition) is 1. The Balaban J connectivity index is 0.00000182. The number of piperidine rings is 1. The van der Waals surface area contributed by atoms with E-state index in [-0.39, 0.29) is 24.4 Å². The smallest absolute Gasteiger partial charge is 0.226 e. The predicted molar refractivity (Wildman–Crippen MR) is 105 cm³/mol. The molecule has 4 heteroatoms. The zero-order chi connectivity index (χ0) is 16.7. The second kappa shape index (κ2) is 7.35. The minimum absolute atomic E-state index is 0. The van der Waals surface area contributed by atoms with Crippen molar-refractivity contribution in [3.63, 3.8) is 0 Å². The van der Waals surface area contributed by atoms with E-state index >= 15 is 0 Å². The first-order chi connectivity index (χ1) is 11.7. The van der Waals surface area contributed by atoms with Gasteiger partial charge in [0, 0.05) is 25.0 Å². The lowest BCUT2D eigenvalue weighted by Crippen LogP contribution is -2.49. The Hall–Kier alpha value is -1.58. The lowest BCUT2D eigenvalue weighted by Gasteiger charge is -2.38. The number of fused-ring (bicyclic) bond motifs is 1. The van der Waals surface area contributed by atoms with Crippen molar-refractivity contribution < 1.29 is 4.79 Å². The van der Waals surface area contributed by atoms with Gasteiger partial charge in [-0.25, -0.2) is 0 Å². The summed E-state index contributed by atoms with van der Waals surface area (Å²) in [5.41, 5.74) is 7.27. The van der Waals surface area contributed by atoms with Gasteiger partial charge < -0.3 is 10.6 Å². The van der Waals surface area contributed by atoms with Crippen LogP contribution in [-0.4, -0.2) is 29.9 Å². The van der Waals surface area contributed by atoms with Gasteiger partial charge in [-0.2, -0.15) is 0 Å². The van der Waals surface area contributed by atoms with Gasteiger partial charge in [-0.1, -0.05) is 49.4 Å². The molecule has 0 aromatic heterocycles. The molecule has 134 valence electrons. The number of benzene rings is 2. The summed E-state index contributed by atoms with van der Waals surface area (Å²) >= 11 is 0. The van der Waals surface area contributed by atoms with E-state index in [9.17, 15) is 4.79 Å². The summed E-state index contributed by atoms with van der Waals surface area (Å²) in [5.74, 6) is 1.53. The van der Waals surface area contributed by atoms with E-state index in [0.29, 0.717) is 24.3 Å². The fourth-order valence-corrected chi connectivity index (χ4v) is 4.36. The molecule has 4 rings (SSSR count). The Morgan fingerprint density at radius 2 is 1.92 bits per heavy atom. The summed E-state index contributed by atoms with van der Waals surface area (Å²) in [6, 6.07) is 15.2. The fourth-order valence-electron chi connectivity index (χ4n) is 4.36. The van der Waals surface area contributed by atoms with Gasteiger partial charge in [-0.05, 0) is 47.4 Å². The van der Waals surface area contributed by atoms with Crippen LogP contribution < -0.4 is 5.73 Å². The van der Waals surface area contributed by atoms with Crippen molar-refractivity contribution in [1.82, 2.24) is 4.90 Å². The maximum absolute atomic E-state index is 13.0. The van der Waals surface area contributed by atoms with Crippen LogP contribution in [0.5, 0.6) is 0 Å². The third-order valence-electron chi connectivity index (χ3n) is 5.86. The van der Waals surface area contributed by atoms with Gasteiger partial charge in [0.25, 0.3) is 0 Å². The molecule has 1 saturated carbocycles. The summed E-state index contributed by atoms with van der Waals surface area (Å²) in [6.07, 6.45) is 3.14. The highest BCUT2D eigenvalue weighted by atomic mass is 35.5. The van der Waals surface area contributed by atoms with Crippen LogP contribution in [0.1, 0.15) is 37.7 Å². The molecule has 4 unspecified atom stereocenters. The highest BCUT2D eigenvalue weighted by molar-refractivity contribution is 5.89. The molecule has 2 N–H and O–H groups in total. The average Bonchev–Trinajstić information content (AvgIpc) is 3.41. The third kappa shape index (κ3) is 3.40. The van der Waals surface area contributed by atoms with Gasteiger partial charge in [0.1, 0.15) is 0 Å². The molecule has 0 radical (unpaired) electrons. The maximum atomic E-state index is 13.0. The Labute approximate surface area is 156 Å². The molecule has 3 nitrogen and oxygen atoms in total. The quantitative estimate of drug-likeness (QED) is 0.902.